The lowest BCUT2D eigenvalue weighted by atomic mass is 10.1. The number of alkyl halides is 1. The van der Waals surface area contributed by atoms with Crippen molar-refractivity contribution in [1.82, 2.24) is 5.32 Å². The normalized spacial score (nSPS) is 14.1. The fourth-order valence-electron chi connectivity index (χ4n) is 0.725. The number of hydrogen-bond donors (Lipinski definition) is 1. The molecule has 0 bridgehead atoms. The molecular formula is C8H18BrN. The molecule has 1 N–H and O–H groups in total. The Balaban J connectivity index is 3.12. The molecule has 62 valence electrons. The maximum Gasteiger partial charge on any atom is 0.00343 e. The van der Waals surface area contributed by atoms with Gasteiger partial charge in [0.25, 0.3) is 0 Å². The molecule has 0 rings (SSSR count). The summed E-state index contributed by atoms with van der Waals surface area (Å²) in [5.41, 5.74) is 0. The lowest BCUT2D eigenvalue weighted by Crippen LogP contribution is -2.27. The first-order valence-electron chi connectivity index (χ1n) is 3.96. The molecule has 10 heavy (non-hydrogen) atoms. The van der Waals surface area contributed by atoms with Crippen LogP contribution in [0.1, 0.15) is 27.2 Å². The summed E-state index contributed by atoms with van der Waals surface area (Å²) in [5, 5.41) is 4.53. The van der Waals surface area contributed by atoms with Crippen molar-refractivity contribution in [3.63, 3.8) is 0 Å². The highest BCUT2D eigenvalue weighted by atomic mass is 79.9. The van der Waals surface area contributed by atoms with E-state index < -0.39 is 0 Å². The number of halogens is 1. The minimum absolute atomic E-state index is 0.623. The molecule has 0 saturated heterocycles. The topological polar surface area (TPSA) is 12.0 Å². The first-order valence-corrected chi connectivity index (χ1v) is 5.08. The van der Waals surface area contributed by atoms with Gasteiger partial charge in [-0.25, -0.2) is 0 Å². The molecule has 1 nitrogen and oxygen atoms in total. The minimum Gasteiger partial charge on any atom is -0.314 e. The Bertz CT molecular complexity index is 73.7. The molecule has 0 fully saturated rings. The smallest absolute Gasteiger partial charge is 0.00343 e. The fourth-order valence-corrected chi connectivity index (χ4v) is 1.51. The minimum atomic E-state index is 0.623. The summed E-state index contributed by atoms with van der Waals surface area (Å²) in [6.07, 6.45) is 1.26. The van der Waals surface area contributed by atoms with E-state index in [1.54, 1.807) is 0 Å². The van der Waals surface area contributed by atoms with Crippen LogP contribution >= 0.6 is 15.9 Å². The van der Waals surface area contributed by atoms with Crippen molar-refractivity contribution in [2.45, 2.75) is 33.2 Å². The van der Waals surface area contributed by atoms with Gasteiger partial charge in [-0.2, -0.15) is 0 Å². The molecule has 0 unspecified atom stereocenters. The molecule has 2 heteroatoms. The van der Waals surface area contributed by atoms with Crippen LogP contribution in [0, 0.1) is 5.92 Å². The Morgan fingerprint density at radius 1 is 1.30 bits per heavy atom. The second-order valence-electron chi connectivity index (χ2n) is 3.15. The van der Waals surface area contributed by atoms with E-state index in [9.17, 15) is 0 Å². The van der Waals surface area contributed by atoms with E-state index in [4.69, 9.17) is 0 Å². The van der Waals surface area contributed by atoms with E-state index in [0.717, 1.165) is 17.8 Å². The molecular weight excluding hydrogens is 190 g/mol. The molecule has 0 saturated carbocycles. The summed E-state index contributed by atoms with van der Waals surface area (Å²) in [5.74, 6) is 0.793. The third kappa shape index (κ3) is 6.56. The van der Waals surface area contributed by atoms with E-state index in [1.807, 2.05) is 0 Å². The molecule has 0 aromatic heterocycles. The molecule has 0 aliphatic heterocycles. The van der Waals surface area contributed by atoms with Crippen LogP contribution in [0.4, 0.5) is 0 Å². The van der Waals surface area contributed by atoms with E-state index in [1.165, 1.54) is 6.42 Å². The first-order chi connectivity index (χ1) is 4.66. The van der Waals surface area contributed by atoms with Crippen LogP contribution < -0.4 is 5.32 Å². The van der Waals surface area contributed by atoms with Gasteiger partial charge < -0.3 is 5.32 Å². The lowest BCUT2D eigenvalue weighted by Gasteiger charge is -2.12. The maximum absolute atomic E-state index is 3.43. The Morgan fingerprint density at radius 2 is 1.90 bits per heavy atom. The fraction of sp³-hybridized carbons (Fsp3) is 1.00. The Labute approximate surface area is 72.7 Å². The second kappa shape index (κ2) is 6.17. The van der Waals surface area contributed by atoms with E-state index in [2.05, 4.69) is 42.0 Å². The summed E-state index contributed by atoms with van der Waals surface area (Å²) < 4.78 is 0. The van der Waals surface area contributed by atoms with Gasteiger partial charge in [0, 0.05) is 11.4 Å². The summed E-state index contributed by atoms with van der Waals surface area (Å²) in [7, 11) is 0. The van der Waals surface area contributed by atoms with Crippen LogP contribution in [0.3, 0.4) is 0 Å². The van der Waals surface area contributed by atoms with E-state index >= 15 is 0 Å². The summed E-state index contributed by atoms with van der Waals surface area (Å²) >= 11 is 3.43. The van der Waals surface area contributed by atoms with Gasteiger partial charge in [0.1, 0.15) is 0 Å². The molecule has 0 aromatic rings. The van der Waals surface area contributed by atoms with Gasteiger partial charge in [-0.1, -0.05) is 36.7 Å². The van der Waals surface area contributed by atoms with E-state index in [0.29, 0.717) is 6.04 Å². The largest absolute Gasteiger partial charge is 0.314 e. The average molecular weight is 208 g/mol. The Morgan fingerprint density at radius 3 is 2.30 bits per heavy atom. The SMILES string of the molecule is CC(C)NC[C@H](C)CCBr. The quantitative estimate of drug-likeness (QED) is 0.684. The molecule has 0 radical (unpaired) electrons. The van der Waals surface area contributed by atoms with Gasteiger partial charge in [0.2, 0.25) is 0 Å². The second-order valence-corrected chi connectivity index (χ2v) is 3.94. The van der Waals surface area contributed by atoms with Crippen LogP contribution in [-0.4, -0.2) is 17.9 Å². The molecule has 0 aromatic carbocycles. The third-order valence-corrected chi connectivity index (χ3v) is 1.93. The Kier molecular flexibility index (Phi) is 6.44. The van der Waals surface area contributed by atoms with Crippen molar-refractivity contribution in [2.24, 2.45) is 5.92 Å². The van der Waals surface area contributed by atoms with Crippen molar-refractivity contribution in [3.8, 4) is 0 Å². The number of hydrogen-bond acceptors (Lipinski definition) is 1. The van der Waals surface area contributed by atoms with Crippen LogP contribution in [0.5, 0.6) is 0 Å². The Hall–Kier alpha value is 0.440. The summed E-state index contributed by atoms with van der Waals surface area (Å²) in [4.78, 5) is 0. The molecule has 0 aliphatic rings. The standard InChI is InChI=1S/C8H18BrN/c1-7(2)10-6-8(3)4-5-9/h7-8,10H,4-6H2,1-3H3/t8-/m1/s1. The summed E-state index contributed by atoms with van der Waals surface area (Å²) in [6, 6.07) is 0.623. The molecule has 0 spiro atoms. The van der Waals surface area contributed by atoms with Gasteiger partial charge >= 0.3 is 0 Å². The van der Waals surface area contributed by atoms with Crippen LogP contribution in [-0.2, 0) is 0 Å². The van der Waals surface area contributed by atoms with Gasteiger partial charge in [0.05, 0.1) is 0 Å². The average Bonchev–Trinajstić information content (AvgIpc) is 1.85. The van der Waals surface area contributed by atoms with Crippen molar-refractivity contribution in [1.29, 1.82) is 0 Å². The number of nitrogens with one attached hydrogen (secondary N) is 1. The highest BCUT2D eigenvalue weighted by Crippen LogP contribution is 2.02. The zero-order valence-corrected chi connectivity index (χ0v) is 8.74. The van der Waals surface area contributed by atoms with Crippen LogP contribution in [0.2, 0.25) is 0 Å². The molecule has 0 amide bonds. The molecule has 0 heterocycles. The zero-order valence-electron chi connectivity index (χ0n) is 7.15. The zero-order chi connectivity index (χ0) is 7.98. The summed E-state index contributed by atoms with van der Waals surface area (Å²) in [6.45, 7) is 7.78. The lowest BCUT2D eigenvalue weighted by molar-refractivity contribution is 0.471. The molecule has 0 aliphatic carbocycles. The van der Waals surface area contributed by atoms with Crippen molar-refractivity contribution in [3.05, 3.63) is 0 Å². The van der Waals surface area contributed by atoms with Crippen LogP contribution in [0.25, 0.3) is 0 Å². The van der Waals surface area contributed by atoms with Crippen molar-refractivity contribution in [2.75, 3.05) is 11.9 Å². The predicted octanol–water partition coefficient (Wildman–Crippen LogP) is 2.41. The van der Waals surface area contributed by atoms with Crippen LogP contribution in [0.15, 0.2) is 0 Å². The first kappa shape index (κ1) is 10.4. The predicted molar refractivity (Wildman–Crippen MR) is 50.7 cm³/mol. The van der Waals surface area contributed by atoms with Gasteiger partial charge in [0.15, 0.2) is 0 Å². The van der Waals surface area contributed by atoms with E-state index in [-0.39, 0.29) is 0 Å². The maximum atomic E-state index is 3.43. The monoisotopic (exact) mass is 207 g/mol. The number of rotatable bonds is 5. The van der Waals surface area contributed by atoms with Gasteiger partial charge in [-0.3, -0.25) is 0 Å². The third-order valence-electron chi connectivity index (χ3n) is 1.48. The van der Waals surface area contributed by atoms with Crippen molar-refractivity contribution < 1.29 is 0 Å². The highest BCUT2D eigenvalue weighted by molar-refractivity contribution is 9.09. The van der Waals surface area contributed by atoms with Gasteiger partial charge in [-0.05, 0) is 18.9 Å². The van der Waals surface area contributed by atoms with Gasteiger partial charge in [-0.15, -0.1) is 0 Å². The highest BCUT2D eigenvalue weighted by Gasteiger charge is 2.00. The molecule has 1 atom stereocenters. The van der Waals surface area contributed by atoms with Crippen molar-refractivity contribution >= 4 is 15.9 Å².